The zero-order valence-corrected chi connectivity index (χ0v) is 12.5. The van der Waals surface area contributed by atoms with Crippen molar-refractivity contribution in [2.45, 2.75) is 20.8 Å². The molecule has 0 aliphatic rings. The molecule has 0 fully saturated rings. The van der Waals surface area contributed by atoms with Crippen molar-refractivity contribution < 1.29 is 14.3 Å². The van der Waals surface area contributed by atoms with E-state index in [1.807, 2.05) is 13.8 Å². The van der Waals surface area contributed by atoms with Crippen LogP contribution in [0.4, 0.5) is 5.69 Å². The number of ether oxygens (including phenoxy) is 1. The summed E-state index contributed by atoms with van der Waals surface area (Å²) in [4.78, 5) is 25.0. The van der Waals surface area contributed by atoms with E-state index >= 15 is 0 Å². The number of methoxy groups -OCH3 is 1. The van der Waals surface area contributed by atoms with E-state index < -0.39 is 0 Å². The first-order chi connectivity index (χ1) is 9.42. The lowest BCUT2D eigenvalue weighted by molar-refractivity contribution is -0.133. The highest BCUT2D eigenvalue weighted by atomic mass is 16.5. The Bertz CT molecular complexity index is 472. The Balaban J connectivity index is 2.63. The van der Waals surface area contributed by atoms with Gasteiger partial charge in [0.1, 0.15) is 5.75 Å². The predicted octanol–water partition coefficient (Wildman–Crippen LogP) is 2.14. The van der Waals surface area contributed by atoms with Gasteiger partial charge in [-0.3, -0.25) is 9.59 Å². The van der Waals surface area contributed by atoms with Gasteiger partial charge in [0.25, 0.3) is 0 Å². The summed E-state index contributed by atoms with van der Waals surface area (Å²) in [6, 6.07) is 7.11. The van der Waals surface area contributed by atoms with E-state index in [-0.39, 0.29) is 18.4 Å². The number of rotatable bonds is 6. The van der Waals surface area contributed by atoms with E-state index in [0.29, 0.717) is 23.9 Å². The molecule has 0 heterocycles. The van der Waals surface area contributed by atoms with Gasteiger partial charge in [0, 0.05) is 25.2 Å². The fraction of sp³-hybridized carbons (Fsp3) is 0.467. The van der Waals surface area contributed by atoms with Crippen molar-refractivity contribution in [3.63, 3.8) is 0 Å². The average Bonchev–Trinajstić information content (AvgIpc) is 2.37. The molecule has 110 valence electrons. The molecule has 0 saturated carbocycles. The van der Waals surface area contributed by atoms with E-state index in [4.69, 9.17) is 4.74 Å². The third-order valence-corrected chi connectivity index (χ3v) is 2.72. The van der Waals surface area contributed by atoms with Crippen LogP contribution in [-0.2, 0) is 9.59 Å². The molecule has 5 heteroatoms. The fourth-order valence-electron chi connectivity index (χ4n) is 1.82. The van der Waals surface area contributed by atoms with Crippen LogP contribution in [0.25, 0.3) is 0 Å². The van der Waals surface area contributed by atoms with Crippen LogP contribution >= 0.6 is 0 Å². The summed E-state index contributed by atoms with van der Waals surface area (Å²) in [5.41, 5.74) is 0.655. The molecule has 0 radical (unpaired) electrons. The molecule has 0 aromatic heterocycles. The largest absolute Gasteiger partial charge is 0.497 e. The zero-order valence-electron chi connectivity index (χ0n) is 12.5. The summed E-state index contributed by atoms with van der Waals surface area (Å²) in [5.74, 6) is 0.686. The molecule has 0 aliphatic heterocycles. The lowest BCUT2D eigenvalue weighted by Gasteiger charge is -2.22. The molecule has 1 rings (SSSR count). The second-order valence-electron chi connectivity index (χ2n) is 5.07. The van der Waals surface area contributed by atoms with Gasteiger partial charge in [-0.05, 0) is 18.1 Å². The van der Waals surface area contributed by atoms with Crippen molar-refractivity contribution in [3.05, 3.63) is 24.3 Å². The number of nitrogens with zero attached hydrogens (tertiary/aromatic N) is 1. The third-order valence-electron chi connectivity index (χ3n) is 2.72. The minimum atomic E-state index is -0.214. The number of nitrogens with one attached hydrogen (secondary N) is 1. The molecule has 2 amide bonds. The molecule has 0 saturated heterocycles. The van der Waals surface area contributed by atoms with Gasteiger partial charge < -0.3 is 15.0 Å². The van der Waals surface area contributed by atoms with Crippen molar-refractivity contribution in [1.82, 2.24) is 4.90 Å². The van der Waals surface area contributed by atoms with E-state index in [1.54, 1.807) is 36.3 Å². The third kappa shape index (κ3) is 5.30. The highest BCUT2D eigenvalue weighted by Gasteiger charge is 2.15. The van der Waals surface area contributed by atoms with Crippen LogP contribution in [-0.4, -0.2) is 36.9 Å². The lowest BCUT2D eigenvalue weighted by atomic mass is 10.2. The Morgan fingerprint density at radius 1 is 1.35 bits per heavy atom. The van der Waals surface area contributed by atoms with Gasteiger partial charge in [0.15, 0.2) is 0 Å². The fourth-order valence-corrected chi connectivity index (χ4v) is 1.82. The number of hydrogen-bond donors (Lipinski definition) is 1. The van der Waals surface area contributed by atoms with Crippen molar-refractivity contribution in [2.24, 2.45) is 5.92 Å². The predicted molar refractivity (Wildman–Crippen MR) is 78.7 cm³/mol. The molecule has 1 N–H and O–H groups in total. The molecule has 20 heavy (non-hydrogen) atoms. The SMILES string of the molecule is COc1cccc(NC(=O)CN(CC(C)C)C(C)=O)c1. The number of amides is 2. The molecule has 1 aromatic carbocycles. The van der Waals surface area contributed by atoms with Gasteiger partial charge in [-0.25, -0.2) is 0 Å². The molecule has 0 bridgehead atoms. The highest BCUT2D eigenvalue weighted by molar-refractivity contribution is 5.94. The molecular weight excluding hydrogens is 256 g/mol. The van der Waals surface area contributed by atoms with Gasteiger partial charge in [-0.1, -0.05) is 19.9 Å². The quantitative estimate of drug-likeness (QED) is 0.867. The maximum absolute atomic E-state index is 12.0. The molecular formula is C15H22N2O3. The molecule has 0 unspecified atom stereocenters. The summed E-state index contributed by atoms with van der Waals surface area (Å²) >= 11 is 0. The van der Waals surface area contributed by atoms with Crippen LogP contribution in [0.15, 0.2) is 24.3 Å². The van der Waals surface area contributed by atoms with Crippen LogP contribution < -0.4 is 10.1 Å². The van der Waals surface area contributed by atoms with Gasteiger partial charge >= 0.3 is 0 Å². The van der Waals surface area contributed by atoms with Crippen molar-refractivity contribution >= 4 is 17.5 Å². The normalized spacial score (nSPS) is 10.2. The van der Waals surface area contributed by atoms with Crippen LogP contribution in [0.5, 0.6) is 5.75 Å². The second kappa shape index (κ2) is 7.53. The van der Waals surface area contributed by atoms with Crippen LogP contribution in [0.3, 0.4) is 0 Å². The first kappa shape index (κ1) is 16.0. The Kier molecular flexibility index (Phi) is 6.03. The first-order valence-corrected chi connectivity index (χ1v) is 6.61. The molecule has 0 atom stereocenters. The summed E-state index contributed by atoms with van der Waals surface area (Å²) in [7, 11) is 1.57. The van der Waals surface area contributed by atoms with E-state index in [1.165, 1.54) is 6.92 Å². The number of benzene rings is 1. The Morgan fingerprint density at radius 3 is 2.60 bits per heavy atom. The summed E-state index contributed by atoms with van der Waals surface area (Å²) < 4.78 is 5.09. The van der Waals surface area contributed by atoms with Crippen molar-refractivity contribution in [3.8, 4) is 5.75 Å². The van der Waals surface area contributed by atoms with Gasteiger partial charge in [-0.15, -0.1) is 0 Å². The van der Waals surface area contributed by atoms with Crippen molar-refractivity contribution in [1.29, 1.82) is 0 Å². The maximum atomic E-state index is 12.0. The summed E-state index contributed by atoms with van der Waals surface area (Å²) in [6.07, 6.45) is 0. The van der Waals surface area contributed by atoms with Crippen LogP contribution in [0, 0.1) is 5.92 Å². The number of carbonyl (C=O) groups excluding carboxylic acids is 2. The minimum absolute atomic E-state index is 0.0602. The number of hydrogen-bond acceptors (Lipinski definition) is 3. The zero-order chi connectivity index (χ0) is 15.1. The Morgan fingerprint density at radius 2 is 2.05 bits per heavy atom. The topological polar surface area (TPSA) is 58.6 Å². The van der Waals surface area contributed by atoms with E-state index in [9.17, 15) is 9.59 Å². The lowest BCUT2D eigenvalue weighted by Crippen LogP contribution is -2.38. The average molecular weight is 278 g/mol. The first-order valence-electron chi connectivity index (χ1n) is 6.61. The van der Waals surface area contributed by atoms with Crippen molar-refractivity contribution in [2.75, 3.05) is 25.5 Å². The smallest absolute Gasteiger partial charge is 0.243 e. The Hall–Kier alpha value is -2.04. The molecule has 1 aromatic rings. The molecule has 5 nitrogen and oxygen atoms in total. The van der Waals surface area contributed by atoms with Gasteiger partial charge in [-0.2, -0.15) is 0 Å². The Labute approximate surface area is 119 Å². The summed E-state index contributed by atoms with van der Waals surface area (Å²) in [5, 5.41) is 2.76. The monoisotopic (exact) mass is 278 g/mol. The minimum Gasteiger partial charge on any atom is -0.497 e. The van der Waals surface area contributed by atoms with Crippen LogP contribution in [0.2, 0.25) is 0 Å². The van der Waals surface area contributed by atoms with Gasteiger partial charge in [0.2, 0.25) is 11.8 Å². The standard InChI is InChI=1S/C15H22N2O3/c1-11(2)9-17(12(3)18)10-15(19)16-13-6-5-7-14(8-13)20-4/h5-8,11H,9-10H2,1-4H3,(H,16,19). The van der Waals surface area contributed by atoms with Crippen LogP contribution in [0.1, 0.15) is 20.8 Å². The second-order valence-corrected chi connectivity index (χ2v) is 5.07. The number of anilines is 1. The van der Waals surface area contributed by atoms with E-state index in [2.05, 4.69) is 5.32 Å². The highest BCUT2D eigenvalue weighted by Crippen LogP contribution is 2.16. The number of carbonyl (C=O) groups is 2. The maximum Gasteiger partial charge on any atom is 0.243 e. The van der Waals surface area contributed by atoms with E-state index in [0.717, 1.165) is 0 Å². The molecule has 0 aliphatic carbocycles. The molecule has 0 spiro atoms. The van der Waals surface area contributed by atoms with Gasteiger partial charge in [0.05, 0.1) is 13.7 Å². The summed E-state index contributed by atoms with van der Waals surface area (Å²) in [6.45, 7) is 6.12.